The monoisotopic (exact) mass is 434 g/mol. The topological polar surface area (TPSA) is 106 Å². The number of hydrogen-bond donors (Lipinski definition) is 2. The van der Waals surface area contributed by atoms with Crippen LogP contribution in [0.25, 0.3) is 10.2 Å². The molecule has 2 N–H and O–H groups in total. The molecule has 0 aromatic carbocycles. The molecule has 0 aliphatic heterocycles. The lowest BCUT2D eigenvalue weighted by Crippen LogP contribution is -2.42. The Balaban J connectivity index is 2.75. The van der Waals surface area contributed by atoms with Crippen LogP contribution in [0.5, 0.6) is 0 Å². The first-order valence-corrected chi connectivity index (χ1v) is 9.38. The molecule has 2 heterocycles. The fraction of sp³-hybridized carbons (Fsp3) is 0.529. The Hall–Kier alpha value is -2.63. The number of nitrogens with one attached hydrogen (secondary N) is 1. The van der Waals surface area contributed by atoms with E-state index >= 15 is 0 Å². The Bertz CT molecular complexity index is 1070. The van der Waals surface area contributed by atoms with Crippen molar-refractivity contribution in [2.45, 2.75) is 53.4 Å². The Morgan fingerprint density at radius 3 is 2.38 bits per heavy atom. The van der Waals surface area contributed by atoms with E-state index in [2.05, 4.69) is 5.10 Å². The van der Waals surface area contributed by atoms with Crippen LogP contribution >= 0.6 is 11.3 Å². The van der Waals surface area contributed by atoms with Crippen LogP contribution < -0.4 is 16.7 Å². The highest BCUT2D eigenvalue weighted by Crippen LogP contribution is 2.28. The van der Waals surface area contributed by atoms with Crippen LogP contribution in [-0.4, -0.2) is 32.7 Å². The van der Waals surface area contributed by atoms with E-state index < -0.39 is 41.9 Å². The van der Waals surface area contributed by atoms with Gasteiger partial charge in [-0.2, -0.15) is 18.3 Å². The summed E-state index contributed by atoms with van der Waals surface area (Å²) >= 11 is 0.908. The summed E-state index contributed by atoms with van der Waals surface area (Å²) in [5.74, 6) is 0. The molecule has 0 spiro atoms. The van der Waals surface area contributed by atoms with Gasteiger partial charge in [-0.25, -0.2) is 15.0 Å². The van der Waals surface area contributed by atoms with E-state index in [4.69, 9.17) is 5.11 Å². The molecule has 2 aromatic heterocycles. The number of aryl methyl sites for hydroxylation is 2. The zero-order valence-corrected chi connectivity index (χ0v) is 17.1. The van der Waals surface area contributed by atoms with Gasteiger partial charge in [-0.3, -0.25) is 13.9 Å². The largest absolute Gasteiger partial charge is 0.464 e. The van der Waals surface area contributed by atoms with E-state index in [1.54, 1.807) is 33.1 Å². The molecule has 29 heavy (non-hydrogen) atoms. The standard InChI is InChI=1S/C17H21F3N4O4S/c1-9-10(7-21-22-14(26)27)29-13-11(9)12(25)24(8-16(2,3)4)15(28)23(13)6-5-17(18,19)20/h7,22H,5-6,8H2,1-4H3,(H,26,27). The van der Waals surface area contributed by atoms with E-state index in [-0.39, 0.29) is 16.8 Å². The second-order valence-electron chi connectivity index (χ2n) is 7.70. The maximum atomic E-state index is 13.0. The van der Waals surface area contributed by atoms with Gasteiger partial charge in [0.05, 0.1) is 22.9 Å². The van der Waals surface area contributed by atoms with E-state index in [9.17, 15) is 27.6 Å². The number of amides is 1. The summed E-state index contributed by atoms with van der Waals surface area (Å²) in [6.45, 7) is 6.39. The second-order valence-corrected chi connectivity index (χ2v) is 8.73. The zero-order valence-electron chi connectivity index (χ0n) is 16.3. The van der Waals surface area contributed by atoms with Gasteiger partial charge in [-0.05, 0) is 17.9 Å². The predicted molar refractivity (Wildman–Crippen MR) is 104 cm³/mol. The Morgan fingerprint density at radius 1 is 1.24 bits per heavy atom. The van der Waals surface area contributed by atoms with Crippen LogP contribution in [0.15, 0.2) is 14.7 Å². The van der Waals surface area contributed by atoms with Crippen molar-refractivity contribution in [3.63, 3.8) is 0 Å². The van der Waals surface area contributed by atoms with Gasteiger partial charge >= 0.3 is 18.0 Å². The van der Waals surface area contributed by atoms with E-state index in [0.29, 0.717) is 10.4 Å². The molecule has 8 nitrogen and oxygen atoms in total. The number of alkyl halides is 3. The molecular weight excluding hydrogens is 413 g/mol. The molecule has 2 rings (SSSR count). The molecule has 0 atom stereocenters. The first-order chi connectivity index (χ1) is 13.2. The van der Waals surface area contributed by atoms with E-state index in [0.717, 1.165) is 26.7 Å². The minimum atomic E-state index is -4.47. The number of aromatic nitrogens is 2. The highest BCUT2D eigenvalue weighted by Gasteiger charge is 2.29. The third kappa shape index (κ3) is 5.46. The zero-order chi connectivity index (χ0) is 22.1. The molecule has 0 aliphatic carbocycles. The molecule has 1 amide bonds. The molecule has 0 radical (unpaired) electrons. The average Bonchev–Trinajstić information content (AvgIpc) is 2.86. The van der Waals surface area contributed by atoms with Crippen LogP contribution in [0, 0.1) is 12.3 Å². The Labute approximate surface area is 167 Å². The summed E-state index contributed by atoms with van der Waals surface area (Å²) < 4.78 is 40.3. The van der Waals surface area contributed by atoms with Gasteiger partial charge in [0, 0.05) is 13.1 Å². The molecule has 0 unspecified atom stereocenters. The minimum Gasteiger partial charge on any atom is -0.464 e. The fourth-order valence-corrected chi connectivity index (χ4v) is 3.92. The number of hydrazone groups is 1. The maximum absolute atomic E-state index is 13.0. The normalized spacial score (nSPS) is 12.8. The van der Waals surface area contributed by atoms with Crippen molar-refractivity contribution >= 4 is 33.9 Å². The van der Waals surface area contributed by atoms with Gasteiger partial charge in [-0.15, -0.1) is 11.3 Å². The van der Waals surface area contributed by atoms with Crippen LogP contribution in [-0.2, 0) is 13.1 Å². The van der Waals surface area contributed by atoms with Crippen molar-refractivity contribution in [3.05, 3.63) is 31.3 Å². The summed E-state index contributed by atoms with van der Waals surface area (Å²) in [6, 6.07) is 0. The number of nitrogens with zero attached hydrogens (tertiary/aromatic N) is 3. The molecule has 12 heteroatoms. The first kappa shape index (κ1) is 22.7. The van der Waals surface area contributed by atoms with Gasteiger partial charge < -0.3 is 5.11 Å². The van der Waals surface area contributed by atoms with Gasteiger partial charge in [-0.1, -0.05) is 20.8 Å². The van der Waals surface area contributed by atoms with E-state index in [1.165, 1.54) is 0 Å². The summed E-state index contributed by atoms with van der Waals surface area (Å²) in [7, 11) is 0. The smallest absolute Gasteiger partial charge is 0.425 e. The van der Waals surface area contributed by atoms with Crippen molar-refractivity contribution in [3.8, 4) is 0 Å². The molecule has 0 aliphatic rings. The lowest BCUT2D eigenvalue weighted by Gasteiger charge is -2.20. The fourth-order valence-electron chi connectivity index (χ4n) is 2.73. The number of halogens is 3. The Kier molecular flexibility index (Phi) is 6.26. The van der Waals surface area contributed by atoms with Crippen molar-refractivity contribution in [2.24, 2.45) is 10.5 Å². The quantitative estimate of drug-likeness (QED) is 0.557. The van der Waals surface area contributed by atoms with Gasteiger partial charge in [0.2, 0.25) is 0 Å². The van der Waals surface area contributed by atoms with E-state index in [1.807, 2.05) is 0 Å². The summed E-state index contributed by atoms with van der Waals surface area (Å²) in [5, 5.41) is 12.2. The predicted octanol–water partition coefficient (Wildman–Crippen LogP) is 3.13. The summed E-state index contributed by atoms with van der Waals surface area (Å²) in [6.07, 6.45) is -5.94. The number of thiophene rings is 1. The third-order valence-corrected chi connectivity index (χ3v) is 5.17. The number of rotatable bonds is 5. The lowest BCUT2D eigenvalue weighted by atomic mass is 9.97. The first-order valence-electron chi connectivity index (χ1n) is 8.57. The third-order valence-electron chi connectivity index (χ3n) is 3.92. The molecular formula is C17H21F3N4O4S. The van der Waals surface area contributed by atoms with Crippen LogP contribution in [0.3, 0.4) is 0 Å². The second kappa shape index (κ2) is 8.01. The maximum Gasteiger partial charge on any atom is 0.425 e. The van der Waals surface area contributed by atoms with Crippen molar-refractivity contribution < 1.29 is 23.1 Å². The van der Waals surface area contributed by atoms with Crippen LogP contribution in [0.2, 0.25) is 0 Å². The summed E-state index contributed by atoms with van der Waals surface area (Å²) in [5.41, 5.74) is 0.332. The molecule has 2 aromatic rings. The van der Waals surface area contributed by atoms with Crippen LogP contribution in [0.1, 0.15) is 37.6 Å². The number of hydrogen-bond acceptors (Lipinski definition) is 5. The molecule has 0 bridgehead atoms. The van der Waals surface area contributed by atoms with Gasteiger partial charge in [0.15, 0.2) is 0 Å². The molecule has 160 valence electrons. The van der Waals surface area contributed by atoms with Crippen molar-refractivity contribution in [1.82, 2.24) is 14.6 Å². The molecule has 0 saturated heterocycles. The Morgan fingerprint density at radius 2 is 1.86 bits per heavy atom. The highest BCUT2D eigenvalue weighted by atomic mass is 32.1. The van der Waals surface area contributed by atoms with Gasteiger partial charge in [0.1, 0.15) is 4.83 Å². The average molecular weight is 434 g/mol. The highest BCUT2D eigenvalue weighted by molar-refractivity contribution is 7.20. The van der Waals surface area contributed by atoms with Crippen LogP contribution in [0.4, 0.5) is 18.0 Å². The number of carbonyl (C=O) groups is 1. The summed E-state index contributed by atoms with van der Waals surface area (Å²) in [4.78, 5) is 36.8. The SMILES string of the molecule is Cc1c(C=NNC(=O)O)sc2c1c(=O)n(CC(C)(C)C)c(=O)n2CCC(F)(F)F. The lowest BCUT2D eigenvalue weighted by molar-refractivity contribution is -0.136. The van der Waals surface area contributed by atoms with Gasteiger partial charge in [0.25, 0.3) is 5.56 Å². The number of fused-ring (bicyclic) bond motifs is 1. The molecule has 0 fully saturated rings. The number of carboxylic acid groups (broad SMARTS) is 1. The molecule has 0 saturated carbocycles. The van der Waals surface area contributed by atoms with Crippen molar-refractivity contribution in [2.75, 3.05) is 0 Å². The van der Waals surface area contributed by atoms with Crippen molar-refractivity contribution in [1.29, 1.82) is 0 Å². The minimum absolute atomic E-state index is 0.0336.